The fourth-order valence-corrected chi connectivity index (χ4v) is 2.53. The van der Waals surface area contributed by atoms with Gasteiger partial charge in [-0.2, -0.15) is 0 Å². The number of anilines is 1. The number of nitro benzene ring substituents is 1. The number of aliphatic hydroxyl groups excluding tert-OH is 1. The Morgan fingerprint density at radius 3 is 2.57 bits per heavy atom. The van der Waals surface area contributed by atoms with Crippen LogP contribution in [0.5, 0.6) is 0 Å². The van der Waals surface area contributed by atoms with E-state index in [2.05, 4.69) is 10.6 Å². The highest BCUT2D eigenvalue weighted by atomic mass is 16.6. The minimum Gasteiger partial charge on any atom is -0.393 e. The molecule has 0 radical (unpaired) electrons. The van der Waals surface area contributed by atoms with Crippen LogP contribution in [0.15, 0.2) is 18.2 Å². The van der Waals surface area contributed by atoms with Crippen molar-refractivity contribution in [2.45, 2.75) is 37.8 Å². The predicted molar refractivity (Wildman–Crippen MR) is 78.4 cm³/mol. The van der Waals surface area contributed by atoms with Gasteiger partial charge in [0.15, 0.2) is 0 Å². The molecular formula is C14H19N3O4. The summed E-state index contributed by atoms with van der Waals surface area (Å²) in [5.74, 6) is -0.247. The Hall–Kier alpha value is -2.15. The third kappa shape index (κ3) is 3.69. The zero-order valence-corrected chi connectivity index (χ0v) is 11.8. The molecular weight excluding hydrogens is 274 g/mol. The van der Waals surface area contributed by atoms with Crippen LogP contribution in [0.2, 0.25) is 0 Å². The summed E-state index contributed by atoms with van der Waals surface area (Å²) in [6.07, 6.45) is 2.60. The van der Waals surface area contributed by atoms with E-state index in [1.54, 1.807) is 7.05 Å². The van der Waals surface area contributed by atoms with Gasteiger partial charge in [-0.15, -0.1) is 0 Å². The number of aliphatic hydroxyl groups is 1. The van der Waals surface area contributed by atoms with E-state index in [9.17, 15) is 20.0 Å². The second kappa shape index (κ2) is 6.53. The van der Waals surface area contributed by atoms with Crippen LogP contribution in [-0.4, -0.2) is 35.1 Å². The van der Waals surface area contributed by atoms with Gasteiger partial charge in [-0.25, -0.2) is 0 Å². The van der Waals surface area contributed by atoms with E-state index in [0.717, 1.165) is 12.8 Å². The summed E-state index contributed by atoms with van der Waals surface area (Å²) in [6, 6.07) is 4.30. The number of benzene rings is 1. The number of amides is 1. The minimum absolute atomic E-state index is 0.0501. The van der Waals surface area contributed by atoms with Gasteiger partial charge in [-0.3, -0.25) is 14.9 Å². The second-order valence-corrected chi connectivity index (χ2v) is 5.22. The van der Waals surface area contributed by atoms with Crippen LogP contribution in [0, 0.1) is 10.1 Å². The summed E-state index contributed by atoms with van der Waals surface area (Å²) in [6.45, 7) is 0. The lowest BCUT2D eigenvalue weighted by atomic mass is 9.93. The Morgan fingerprint density at radius 2 is 2.00 bits per heavy atom. The molecule has 1 aliphatic carbocycles. The molecule has 114 valence electrons. The summed E-state index contributed by atoms with van der Waals surface area (Å²) < 4.78 is 0. The molecule has 21 heavy (non-hydrogen) atoms. The van der Waals surface area contributed by atoms with E-state index >= 15 is 0 Å². The van der Waals surface area contributed by atoms with E-state index in [1.165, 1.54) is 18.2 Å². The lowest BCUT2D eigenvalue weighted by Gasteiger charge is -2.26. The van der Waals surface area contributed by atoms with Crippen LogP contribution in [0.25, 0.3) is 0 Å². The Labute approximate surface area is 122 Å². The molecule has 0 atom stereocenters. The maximum Gasteiger partial charge on any atom is 0.292 e. The van der Waals surface area contributed by atoms with Crippen molar-refractivity contribution >= 4 is 17.3 Å². The van der Waals surface area contributed by atoms with Gasteiger partial charge < -0.3 is 15.7 Å². The minimum atomic E-state index is -0.490. The van der Waals surface area contributed by atoms with Crippen molar-refractivity contribution in [1.29, 1.82) is 0 Å². The molecule has 1 amide bonds. The van der Waals surface area contributed by atoms with E-state index in [-0.39, 0.29) is 23.7 Å². The van der Waals surface area contributed by atoms with Crippen molar-refractivity contribution < 1.29 is 14.8 Å². The van der Waals surface area contributed by atoms with Gasteiger partial charge in [0, 0.05) is 24.7 Å². The molecule has 1 aromatic rings. The van der Waals surface area contributed by atoms with E-state index in [0.29, 0.717) is 24.1 Å². The molecule has 3 N–H and O–H groups in total. The van der Waals surface area contributed by atoms with Crippen LogP contribution in [0.3, 0.4) is 0 Å². The number of nitrogens with zero attached hydrogens (tertiary/aromatic N) is 1. The average Bonchev–Trinajstić information content (AvgIpc) is 2.48. The van der Waals surface area contributed by atoms with E-state index in [1.807, 2.05) is 0 Å². The highest BCUT2D eigenvalue weighted by Crippen LogP contribution is 2.25. The molecule has 0 bridgehead atoms. The molecule has 0 heterocycles. The number of nitrogens with one attached hydrogen (secondary N) is 2. The number of hydrogen-bond acceptors (Lipinski definition) is 5. The van der Waals surface area contributed by atoms with Crippen LogP contribution in [0.1, 0.15) is 36.0 Å². The molecule has 0 spiro atoms. The van der Waals surface area contributed by atoms with Crippen LogP contribution >= 0.6 is 0 Å². The van der Waals surface area contributed by atoms with E-state index < -0.39 is 4.92 Å². The first kappa shape index (κ1) is 15.2. The summed E-state index contributed by atoms with van der Waals surface area (Å²) in [5, 5.41) is 25.9. The Morgan fingerprint density at radius 1 is 1.33 bits per heavy atom. The first-order valence-corrected chi connectivity index (χ1v) is 6.96. The van der Waals surface area contributed by atoms with Gasteiger partial charge in [0.25, 0.3) is 11.6 Å². The van der Waals surface area contributed by atoms with E-state index in [4.69, 9.17) is 0 Å². The number of nitro groups is 1. The molecule has 1 aliphatic rings. The van der Waals surface area contributed by atoms with Crippen LogP contribution in [-0.2, 0) is 0 Å². The normalized spacial score (nSPS) is 21.6. The Kier molecular flexibility index (Phi) is 4.74. The third-order valence-corrected chi connectivity index (χ3v) is 3.76. The Balaban J connectivity index is 2.07. The molecule has 1 aromatic carbocycles. The first-order chi connectivity index (χ1) is 10.0. The topological polar surface area (TPSA) is 104 Å². The standard InChI is InChI=1S/C14H19N3O4/c1-15-12-8-9(2-7-13(12)17(20)21)14(19)16-10-3-5-11(18)6-4-10/h2,7-8,10-11,15,18H,3-6H2,1H3,(H,16,19). The molecule has 0 aromatic heterocycles. The first-order valence-electron chi connectivity index (χ1n) is 6.96. The highest BCUT2D eigenvalue weighted by molar-refractivity contribution is 5.96. The molecule has 0 aliphatic heterocycles. The van der Waals surface area contributed by atoms with Crippen molar-refractivity contribution in [1.82, 2.24) is 5.32 Å². The molecule has 0 unspecified atom stereocenters. The van der Waals surface area contributed by atoms with Crippen molar-refractivity contribution in [3.63, 3.8) is 0 Å². The summed E-state index contributed by atoms with van der Waals surface area (Å²) in [7, 11) is 1.58. The molecule has 1 saturated carbocycles. The number of hydrogen-bond donors (Lipinski definition) is 3. The predicted octanol–water partition coefficient (Wildman–Crippen LogP) is 1.67. The smallest absolute Gasteiger partial charge is 0.292 e. The summed E-state index contributed by atoms with van der Waals surface area (Å²) >= 11 is 0. The fraction of sp³-hybridized carbons (Fsp3) is 0.500. The van der Waals surface area contributed by atoms with Gasteiger partial charge in [0.1, 0.15) is 5.69 Å². The lowest BCUT2D eigenvalue weighted by molar-refractivity contribution is -0.383. The van der Waals surface area contributed by atoms with Crippen molar-refractivity contribution in [2.24, 2.45) is 0 Å². The van der Waals surface area contributed by atoms with Crippen molar-refractivity contribution in [3.05, 3.63) is 33.9 Å². The molecule has 2 rings (SSSR count). The summed E-state index contributed by atoms with van der Waals surface area (Å²) in [5.41, 5.74) is 0.637. The maximum atomic E-state index is 12.2. The zero-order chi connectivity index (χ0) is 15.4. The second-order valence-electron chi connectivity index (χ2n) is 5.22. The zero-order valence-electron chi connectivity index (χ0n) is 11.8. The Bertz CT molecular complexity index is 539. The molecule has 7 nitrogen and oxygen atoms in total. The van der Waals surface area contributed by atoms with Crippen LogP contribution < -0.4 is 10.6 Å². The number of carbonyl (C=O) groups excluding carboxylic acids is 1. The number of carbonyl (C=O) groups is 1. The molecule has 7 heteroatoms. The number of rotatable bonds is 4. The SMILES string of the molecule is CNc1cc(C(=O)NC2CCC(O)CC2)ccc1[N+](=O)[O-]. The van der Waals surface area contributed by atoms with Gasteiger partial charge in [0.2, 0.25) is 0 Å². The van der Waals surface area contributed by atoms with Gasteiger partial charge >= 0.3 is 0 Å². The van der Waals surface area contributed by atoms with Gasteiger partial charge in [-0.05, 0) is 37.8 Å². The fourth-order valence-electron chi connectivity index (χ4n) is 2.53. The monoisotopic (exact) mass is 293 g/mol. The van der Waals surface area contributed by atoms with Crippen LogP contribution in [0.4, 0.5) is 11.4 Å². The highest BCUT2D eigenvalue weighted by Gasteiger charge is 2.22. The lowest BCUT2D eigenvalue weighted by Crippen LogP contribution is -2.38. The largest absolute Gasteiger partial charge is 0.393 e. The molecule has 1 fully saturated rings. The summed E-state index contributed by atoms with van der Waals surface area (Å²) in [4.78, 5) is 22.5. The van der Waals surface area contributed by atoms with Crippen molar-refractivity contribution in [2.75, 3.05) is 12.4 Å². The molecule has 0 saturated heterocycles. The quantitative estimate of drug-likeness (QED) is 0.578. The van der Waals surface area contributed by atoms with Gasteiger partial charge in [0.05, 0.1) is 11.0 Å². The maximum absolute atomic E-state index is 12.2. The van der Waals surface area contributed by atoms with Gasteiger partial charge in [-0.1, -0.05) is 0 Å². The van der Waals surface area contributed by atoms with Crippen molar-refractivity contribution in [3.8, 4) is 0 Å². The third-order valence-electron chi connectivity index (χ3n) is 3.76. The average molecular weight is 293 g/mol.